The van der Waals surface area contributed by atoms with Crippen molar-refractivity contribution < 1.29 is 42.5 Å². The van der Waals surface area contributed by atoms with Crippen molar-refractivity contribution in [1.82, 2.24) is 0 Å². The topological polar surface area (TPSA) is 152 Å². The summed E-state index contributed by atoms with van der Waals surface area (Å²) < 4.78 is 40.5. The van der Waals surface area contributed by atoms with Gasteiger partial charge in [-0.3, -0.25) is 9.11 Å². The molecule has 0 amide bonds. The zero-order valence-electron chi connectivity index (χ0n) is 9.73. The van der Waals surface area contributed by atoms with Gasteiger partial charge in [0.1, 0.15) is 0 Å². The number of rotatable bonds is 0. The van der Waals surface area contributed by atoms with E-state index < -0.39 is 18.2 Å². The van der Waals surface area contributed by atoms with Gasteiger partial charge < -0.3 is 20.4 Å². The molecule has 0 aromatic heterocycles. The van der Waals surface area contributed by atoms with Crippen molar-refractivity contribution >= 4 is 64.3 Å². The first kappa shape index (κ1) is 23.4. The summed E-state index contributed by atoms with van der Waals surface area (Å²) in [6, 6.07) is 0. The standard InChI is InChI=1S/2Mg.H3O4P.H2O4S.4H/c;;2*1-5(2,3)4;;;;/h;;(H3,1,2,3,4);(H2,1,2,3,4);;;;/q2*+2;;;4*-1. The van der Waals surface area contributed by atoms with Crippen LogP contribution in [0.15, 0.2) is 0 Å². The minimum absolute atomic E-state index is 0. The summed E-state index contributed by atoms with van der Waals surface area (Å²) >= 11 is 0. The Kier molecular flexibility index (Phi) is 17.7. The summed E-state index contributed by atoms with van der Waals surface area (Å²) in [7, 11) is -9.31. The molecule has 0 unspecified atom stereocenters. The molecule has 72 valence electrons. The Hall–Kier alpha value is 1.51. The molecule has 0 saturated heterocycles. The molecular formula is H9Mg2O8PS. The normalized spacial score (nSPS) is 9.75. The van der Waals surface area contributed by atoms with Crippen LogP contribution >= 0.6 is 7.82 Å². The zero-order chi connectivity index (χ0) is 9.00. The van der Waals surface area contributed by atoms with Crippen LogP contribution in [0.25, 0.3) is 0 Å². The SMILES string of the molecule is O=P(O)(O)O.O=S(=O)(O)O.[H-].[H-].[H-].[H-].[Mg+2].[Mg+2]. The molecule has 0 aliphatic rings. The van der Waals surface area contributed by atoms with Crippen LogP contribution in [0.1, 0.15) is 5.71 Å². The minimum atomic E-state index is -4.67. The van der Waals surface area contributed by atoms with Crippen LogP contribution in [0, 0.1) is 0 Å². The van der Waals surface area contributed by atoms with Crippen molar-refractivity contribution in [2.24, 2.45) is 0 Å². The molecule has 0 aliphatic heterocycles. The van der Waals surface area contributed by atoms with Gasteiger partial charge in [-0.25, -0.2) is 4.57 Å². The van der Waals surface area contributed by atoms with Crippen molar-refractivity contribution in [2.75, 3.05) is 0 Å². The van der Waals surface area contributed by atoms with E-state index >= 15 is 0 Å². The second-order valence-corrected chi connectivity index (χ2v) is 2.88. The van der Waals surface area contributed by atoms with Crippen LogP contribution in [-0.2, 0) is 15.0 Å². The summed E-state index contributed by atoms with van der Waals surface area (Å²) in [4.78, 5) is 21.6. The fourth-order valence-corrected chi connectivity index (χ4v) is 0. The molecular weight excluding hydrogens is 240 g/mol. The molecule has 12 heavy (non-hydrogen) atoms. The maximum atomic E-state index is 8.88. The molecule has 0 aliphatic carbocycles. The van der Waals surface area contributed by atoms with Crippen LogP contribution in [0.5, 0.6) is 0 Å². The zero-order valence-corrected chi connectivity index (χ0v) is 10.3. The fraction of sp³-hybridized carbons (Fsp3) is 0. The van der Waals surface area contributed by atoms with E-state index in [-0.39, 0.29) is 51.8 Å². The molecule has 5 N–H and O–H groups in total. The van der Waals surface area contributed by atoms with E-state index in [4.69, 9.17) is 36.8 Å². The van der Waals surface area contributed by atoms with E-state index in [1.807, 2.05) is 0 Å². The van der Waals surface area contributed by atoms with Gasteiger partial charge in [0.2, 0.25) is 0 Å². The first-order chi connectivity index (χ1) is 4.00. The second kappa shape index (κ2) is 9.08. The van der Waals surface area contributed by atoms with E-state index in [9.17, 15) is 0 Å². The van der Waals surface area contributed by atoms with Crippen LogP contribution in [0.3, 0.4) is 0 Å². The Morgan fingerprint density at radius 1 is 1.00 bits per heavy atom. The Balaban J connectivity index is -0.00000000970. The Labute approximate surface area is 106 Å². The largest absolute Gasteiger partial charge is 2.00 e. The van der Waals surface area contributed by atoms with Gasteiger partial charge in [0.25, 0.3) is 0 Å². The second-order valence-electron chi connectivity index (χ2n) is 0.961. The number of phosphoric acid groups is 1. The summed E-state index contributed by atoms with van der Waals surface area (Å²) in [5, 5.41) is 0. The van der Waals surface area contributed by atoms with Gasteiger partial charge in [-0.2, -0.15) is 8.42 Å². The fourth-order valence-electron chi connectivity index (χ4n) is 0. The first-order valence-electron chi connectivity index (χ1n) is 1.48. The molecule has 0 aromatic rings. The Morgan fingerprint density at radius 3 is 1.00 bits per heavy atom. The van der Waals surface area contributed by atoms with Crippen molar-refractivity contribution in [1.29, 1.82) is 0 Å². The Bertz CT molecular complexity index is 208. The molecule has 0 heterocycles. The quantitative estimate of drug-likeness (QED) is 0.189. The average molecular weight is 249 g/mol. The summed E-state index contributed by atoms with van der Waals surface area (Å²) in [6.07, 6.45) is 0. The van der Waals surface area contributed by atoms with Gasteiger partial charge in [0.05, 0.1) is 0 Å². The average Bonchev–Trinajstić information content (AvgIpc) is 1.12. The molecule has 0 radical (unpaired) electrons. The van der Waals surface area contributed by atoms with E-state index in [0.29, 0.717) is 0 Å². The third-order valence-electron chi connectivity index (χ3n) is 0. The van der Waals surface area contributed by atoms with E-state index in [0.717, 1.165) is 0 Å². The van der Waals surface area contributed by atoms with Crippen LogP contribution in [0.2, 0.25) is 0 Å². The smallest absolute Gasteiger partial charge is 1.00 e. The summed E-state index contributed by atoms with van der Waals surface area (Å²) in [5.41, 5.74) is 0. The number of hydrogen-bond acceptors (Lipinski definition) is 3. The summed E-state index contributed by atoms with van der Waals surface area (Å²) in [5.74, 6) is 0. The van der Waals surface area contributed by atoms with Crippen molar-refractivity contribution in [3.05, 3.63) is 0 Å². The van der Waals surface area contributed by atoms with Crippen molar-refractivity contribution in [2.45, 2.75) is 0 Å². The van der Waals surface area contributed by atoms with Gasteiger partial charge >= 0.3 is 64.3 Å². The maximum Gasteiger partial charge on any atom is 2.00 e. The monoisotopic (exact) mass is 248 g/mol. The predicted molar refractivity (Wildman–Crippen MR) is 44.4 cm³/mol. The van der Waals surface area contributed by atoms with E-state index in [2.05, 4.69) is 0 Å². The van der Waals surface area contributed by atoms with Crippen LogP contribution < -0.4 is 0 Å². The molecule has 0 rings (SSSR count). The van der Waals surface area contributed by atoms with E-state index in [1.54, 1.807) is 0 Å². The van der Waals surface area contributed by atoms with Gasteiger partial charge in [0.15, 0.2) is 0 Å². The summed E-state index contributed by atoms with van der Waals surface area (Å²) in [6.45, 7) is 0. The minimum Gasteiger partial charge on any atom is -1.00 e. The first-order valence-corrected chi connectivity index (χ1v) is 4.44. The van der Waals surface area contributed by atoms with Crippen molar-refractivity contribution in [3.8, 4) is 0 Å². The third-order valence-corrected chi connectivity index (χ3v) is 0. The van der Waals surface area contributed by atoms with Crippen molar-refractivity contribution in [3.63, 3.8) is 0 Å². The van der Waals surface area contributed by atoms with Gasteiger partial charge in [-0.15, -0.1) is 0 Å². The molecule has 0 saturated carbocycles. The Morgan fingerprint density at radius 2 is 1.00 bits per heavy atom. The third kappa shape index (κ3) is 556. The molecule has 0 fully saturated rings. The maximum absolute atomic E-state index is 8.88. The molecule has 0 spiro atoms. The van der Waals surface area contributed by atoms with Gasteiger partial charge in [-0.1, -0.05) is 0 Å². The van der Waals surface area contributed by atoms with Crippen LogP contribution in [0.4, 0.5) is 0 Å². The van der Waals surface area contributed by atoms with Crippen LogP contribution in [-0.4, -0.2) is 78.3 Å². The molecule has 0 aromatic carbocycles. The predicted octanol–water partition coefficient (Wildman–Crippen LogP) is -1.89. The van der Waals surface area contributed by atoms with E-state index in [1.165, 1.54) is 0 Å². The van der Waals surface area contributed by atoms with Gasteiger partial charge in [-0.05, 0) is 0 Å². The molecule has 12 heteroatoms. The molecule has 0 bridgehead atoms. The molecule has 0 atom stereocenters. The van der Waals surface area contributed by atoms with Gasteiger partial charge in [0, 0.05) is 0 Å². The molecule has 8 nitrogen and oxygen atoms in total. The number of hydrogen-bond donors (Lipinski definition) is 5.